The van der Waals surface area contributed by atoms with Gasteiger partial charge in [0.15, 0.2) is 0 Å². The molecule has 0 aliphatic rings. The Morgan fingerprint density at radius 1 is 1.28 bits per heavy atom. The number of H-pyrrole nitrogens is 1. The van der Waals surface area contributed by atoms with Crippen LogP contribution in [-0.4, -0.2) is 36.5 Å². The molecule has 0 bridgehead atoms. The Balaban J connectivity index is 1.77. The Labute approximate surface area is 148 Å². The third kappa shape index (κ3) is 3.86. The molecule has 0 unspecified atom stereocenters. The Bertz CT molecular complexity index is 887. The fourth-order valence-corrected chi connectivity index (χ4v) is 2.75. The predicted molar refractivity (Wildman–Crippen MR) is 96.5 cm³/mol. The number of hydrogen-bond donors (Lipinski definition) is 2. The van der Waals surface area contributed by atoms with Gasteiger partial charge in [0, 0.05) is 10.4 Å². The number of hydrazone groups is 1. The van der Waals surface area contributed by atoms with Crippen molar-refractivity contribution in [2.75, 3.05) is 14.2 Å². The zero-order valence-corrected chi connectivity index (χ0v) is 14.5. The summed E-state index contributed by atoms with van der Waals surface area (Å²) in [4.78, 5) is 13.1. The van der Waals surface area contributed by atoms with Gasteiger partial charge in [0.2, 0.25) is 0 Å². The molecule has 0 atom stereocenters. The first-order valence-corrected chi connectivity index (χ1v) is 8.24. The summed E-state index contributed by atoms with van der Waals surface area (Å²) in [6, 6.07) is 10.8. The minimum Gasteiger partial charge on any atom is -0.497 e. The second kappa shape index (κ2) is 7.63. The van der Waals surface area contributed by atoms with Crippen LogP contribution in [0.1, 0.15) is 15.4 Å². The van der Waals surface area contributed by atoms with Crippen LogP contribution in [0.2, 0.25) is 0 Å². The number of thiophene rings is 1. The van der Waals surface area contributed by atoms with Crippen LogP contribution in [-0.2, 0) is 0 Å². The molecule has 0 aliphatic heterocycles. The quantitative estimate of drug-likeness (QED) is 0.525. The van der Waals surface area contributed by atoms with E-state index < -0.39 is 0 Å². The van der Waals surface area contributed by atoms with Gasteiger partial charge in [-0.1, -0.05) is 6.07 Å². The van der Waals surface area contributed by atoms with E-state index in [1.165, 1.54) is 11.3 Å². The van der Waals surface area contributed by atoms with Crippen molar-refractivity contribution in [1.29, 1.82) is 0 Å². The molecule has 3 aromatic rings. The second-order valence-electron chi connectivity index (χ2n) is 4.95. The van der Waals surface area contributed by atoms with E-state index in [2.05, 4.69) is 20.7 Å². The van der Waals surface area contributed by atoms with E-state index in [1.54, 1.807) is 44.7 Å². The normalized spacial score (nSPS) is 10.8. The number of nitrogens with zero attached hydrogens (tertiary/aromatic N) is 2. The topological polar surface area (TPSA) is 88.6 Å². The van der Waals surface area contributed by atoms with Gasteiger partial charge in [0.05, 0.1) is 26.1 Å². The zero-order chi connectivity index (χ0) is 17.6. The highest BCUT2D eigenvalue weighted by Crippen LogP contribution is 2.32. The molecule has 3 rings (SSSR count). The van der Waals surface area contributed by atoms with Crippen molar-refractivity contribution in [3.63, 3.8) is 0 Å². The Morgan fingerprint density at radius 3 is 2.88 bits per heavy atom. The van der Waals surface area contributed by atoms with Crippen LogP contribution in [0.3, 0.4) is 0 Å². The maximum atomic E-state index is 12.1. The van der Waals surface area contributed by atoms with Crippen LogP contribution >= 0.6 is 11.3 Å². The molecule has 2 aromatic heterocycles. The molecular formula is C17H16N4O3S. The molecule has 2 N–H and O–H groups in total. The molecule has 0 aliphatic carbocycles. The van der Waals surface area contributed by atoms with Crippen LogP contribution in [0.15, 0.2) is 46.9 Å². The zero-order valence-electron chi connectivity index (χ0n) is 13.6. The minimum atomic E-state index is -0.381. The van der Waals surface area contributed by atoms with E-state index in [-0.39, 0.29) is 5.91 Å². The lowest BCUT2D eigenvalue weighted by molar-refractivity contribution is 0.0950. The molecule has 1 amide bonds. The molecule has 2 heterocycles. The van der Waals surface area contributed by atoms with E-state index >= 15 is 0 Å². The van der Waals surface area contributed by atoms with Crippen LogP contribution in [0.25, 0.3) is 11.3 Å². The van der Waals surface area contributed by atoms with Crippen molar-refractivity contribution in [2.24, 2.45) is 5.10 Å². The molecule has 128 valence electrons. The van der Waals surface area contributed by atoms with Crippen molar-refractivity contribution >= 4 is 23.5 Å². The van der Waals surface area contributed by atoms with Gasteiger partial charge < -0.3 is 9.47 Å². The Morgan fingerprint density at radius 2 is 2.16 bits per heavy atom. The molecule has 25 heavy (non-hydrogen) atoms. The summed E-state index contributed by atoms with van der Waals surface area (Å²) >= 11 is 1.53. The molecule has 0 fully saturated rings. The Kier molecular flexibility index (Phi) is 5.10. The summed E-state index contributed by atoms with van der Waals surface area (Å²) in [5.74, 6) is 0.925. The van der Waals surface area contributed by atoms with Crippen molar-refractivity contribution in [1.82, 2.24) is 15.6 Å². The summed E-state index contributed by atoms with van der Waals surface area (Å²) in [5, 5.41) is 12.7. The van der Waals surface area contributed by atoms with Gasteiger partial charge in [-0.25, -0.2) is 5.43 Å². The lowest BCUT2D eigenvalue weighted by Gasteiger charge is -2.08. The van der Waals surface area contributed by atoms with Gasteiger partial charge in [-0.3, -0.25) is 9.89 Å². The second-order valence-corrected chi connectivity index (χ2v) is 5.93. The van der Waals surface area contributed by atoms with Crippen LogP contribution in [0.4, 0.5) is 0 Å². The molecule has 0 saturated carbocycles. The third-order valence-corrected chi connectivity index (χ3v) is 4.21. The molecule has 0 radical (unpaired) electrons. The van der Waals surface area contributed by atoms with Gasteiger partial charge in [0.25, 0.3) is 5.91 Å². The number of ether oxygens (including phenoxy) is 2. The molecule has 0 saturated heterocycles. The maximum Gasteiger partial charge on any atom is 0.289 e. The maximum absolute atomic E-state index is 12.1. The average molecular weight is 356 g/mol. The van der Waals surface area contributed by atoms with Crippen LogP contribution in [0.5, 0.6) is 11.5 Å². The number of aromatic amines is 1. The number of hydrogen-bond acceptors (Lipinski definition) is 6. The van der Waals surface area contributed by atoms with E-state index in [0.29, 0.717) is 22.9 Å². The SMILES string of the molecule is COc1ccc(OC)c(-c2cc(C(=O)NN=Cc3cccs3)[nH]n2)c1. The molecular weight excluding hydrogens is 340 g/mol. The average Bonchev–Trinajstić information content (AvgIpc) is 3.33. The van der Waals surface area contributed by atoms with Crippen molar-refractivity contribution < 1.29 is 14.3 Å². The molecule has 7 nitrogen and oxygen atoms in total. The first kappa shape index (κ1) is 16.7. The van der Waals surface area contributed by atoms with Crippen LogP contribution in [0, 0.1) is 0 Å². The molecule has 1 aromatic carbocycles. The number of methoxy groups -OCH3 is 2. The predicted octanol–water partition coefficient (Wildman–Crippen LogP) is 2.92. The van der Waals surface area contributed by atoms with E-state index in [9.17, 15) is 4.79 Å². The number of amides is 1. The first-order valence-electron chi connectivity index (χ1n) is 7.36. The smallest absolute Gasteiger partial charge is 0.289 e. The molecule has 0 spiro atoms. The number of rotatable bonds is 6. The van der Waals surface area contributed by atoms with Gasteiger partial charge in [0.1, 0.15) is 17.2 Å². The monoisotopic (exact) mass is 356 g/mol. The fourth-order valence-electron chi connectivity index (χ4n) is 2.17. The summed E-state index contributed by atoms with van der Waals surface area (Å²) in [5.41, 5.74) is 4.05. The van der Waals surface area contributed by atoms with Gasteiger partial charge in [-0.2, -0.15) is 10.2 Å². The number of carbonyl (C=O) groups excluding carboxylic acids is 1. The van der Waals surface area contributed by atoms with Crippen LogP contribution < -0.4 is 14.9 Å². The highest BCUT2D eigenvalue weighted by Gasteiger charge is 2.14. The highest BCUT2D eigenvalue weighted by molar-refractivity contribution is 7.11. The first-order chi connectivity index (χ1) is 12.2. The highest BCUT2D eigenvalue weighted by atomic mass is 32.1. The standard InChI is InChI=1S/C17H16N4O3S/c1-23-11-5-6-16(24-2)13(8-11)14-9-15(20-19-14)17(22)21-18-10-12-4-3-7-25-12/h3-10H,1-2H3,(H,19,20)(H,21,22). The summed E-state index contributed by atoms with van der Waals surface area (Å²) in [7, 11) is 3.16. The fraction of sp³-hybridized carbons (Fsp3) is 0.118. The number of carbonyl (C=O) groups is 1. The largest absolute Gasteiger partial charge is 0.497 e. The van der Waals surface area contributed by atoms with E-state index in [4.69, 9.17) is 9.47 Å². The third-order valence-electron chi connectivity index (χ3n) is 3.41. The lowest BCUT2D eigenvalue weighted by atomic mass is 10.1. The van der Waals surface area contributed by atoms with Gasteiger partial charge in [-0.05, 0) is 35.7 Å². The summed E-state index contributed by atoms with van der Waals surface area (Å²) < 4.78 is 10.6. The van der Waals surface area contributed by atoms with E-state index in [1.807, 2.05) is 17.5 Å². The molecule has 8 heteroatoms. The summed E-state index contributed by atoms with van der Waals surface area (Å²) in [6.45, 7) is 0. The van der Waals surface area contributed by atoms with E-state index in [0.717, 1.165) is 10.4 Å². The number of nitrogens with one attached hydrogen (secondary N) is 2. The van der Waals surface area contributed by atoms with Crippen molar-refractivity contribution in [3.8, 4) is 22.8 Å². The number of benzene rings is 1. The minimum absolute atomic E-state index is 0.295. The van der Waals surface area contributed by atoms with Gasteiger partial charge in [-0.15, -0.1) is 11.3 Å². The summed E-state index contributed by atoms with van der Waals surface area (Å²) in [6.07, 6.45) is 1.59. The van der Waals surface area contributed by atoms with Crippen molar-refractivity contribution in [2.45, 2.75) is 0 Å². The number of aromatic nitrogens is 2. The lowest BCUT2D eigenvalue weighted by Crippen LogP contribution is -2.17. The van der Waals surface area contributed by atoms with Crippen molar-refractivity contribution in [3.05, 3.63) is 52.3 Å². The Hall–Kier alpha value is -3.13. The van der Waals surface area contributed by atoms with Gasteiger partial charge >= 0.3 is 0 Å².